The minimum Gasteiger partial charge on any atom is -0.467 e. The van der Waals surface area contributed by atoms with Crippen LogP contribution in [-0.2, 0) is 13.1 Å². The van der Waals surface area contributed by atoms with Gasteiger partial charge in [-0.3, -0.25) is 15.1 Å². The van der Waals surface area contributed by atoms with Gasteiger partial charge in [0.2, 0.25) is 0 Å². The zero-order chi connectivity index (χ0) is 13.9. The van der Waals surface area contributed by atoms with E-state index in [1.165, 1.54) is 24.7 Å². The fourth-order valence-corrected chi connectivity index (χ4v) is 2.96. The lowest BCUT2D eigenvalue weighted by molar-refractivity contribution is 0.0949. The third-order valence-corrected chi connectivity index (χ3v) is 4.23. The first kappa shape index (κ1) is 13.4. The van der Waals surface area contributed by atoms with Crippen LogP contribution in [0.25, 0.3) is 0 Å². The van der Waals surface area contributed by atoms with Crippen LogP contribution in [0, 0.1) is 0 Å². The Kier molecular flexibility index (Phi) is 3.86. The van der Waals surface area contributed by atoms with Crippen LogP contribution < -0.4 is 11.3 Å². The van der Waals surface area contributed by atoms with E-state index in [0.29, 0.717) is 23.9 Å². The van der Waals surface area contributed by atoms with Crippen molar-refractivity contribution in [1.82, 2.24) is 10.3 Å². The molecule has 0 aromatic carbocycles. The van der Waals surface area contributed by atoms with E-state index in [-0.39, 0.29) is 5.91 Å². The predicted molar refractivity (Wildman–Crippen MR) is 76.9 cm³/mol. The van der Waals surface area contributed by atoms with Crippen LogP contribution in [0.15, 0.2) is 33.6 Å². The van der Waals surface area contributed by atoms with Crippen molar-refractivity contribution in [3.63, 3.8) is 0 Å². The molecular weight excluding hydrogens is 274 g/mol. The van der Waals surface area contributed by atoms with Crippen molar-refractivity contribution in [3.05, 3.63) is 46.0 Å². The molecule has 1 fully saturated rings. The van der Waals surface area contributed by atoms with Crippen LogP contribution in [-0.4, -0.2) is 16.8 Å². The van der Waals surface area contributed by atoms with E-state index in [9.17, 15) is 4.79 Å². The summed E-state index contributed by atoms with van der Waals surface area (Å²) in [5.74, 6) is 5.56. The third-order valence-electron chi connectivity index (χ3n) is 3.50. The summed E-state index contributed by atoms with van der Waals surface area (Å²) < 4.78 is 5.46. The van der Waals surface area contributed by atoms with Gasteiger partial charge in [0.25, 0.3) is 5.91 Å². The predicted octanol–water partition coefficient (Wildman–Crippen LogP) is 2.11. The summed E-state index contributed by atoms with van der Waals surface area (Å²) in [6, 6.07) is 4.39. The van der Waals surface area contributed by atoms with E-state index in [4.69, 9.17) is 10.3 Å². The van der Waals surface area contributed by atoms with Crippen molar-refractivity contribution in [1.29, 1.82) is 0 Å². The average Bonchev–Trinajstić information content (AvgIpc) is 2.99. The fraction of sp³-hybridized carbons (Fsp3) is 0.357. The molecule has 0 radical (unpaired) electrons. The quantitative estimate of drug-likeness (QED) is 0.486. The van der Waals surface area contributed by atoms with Gasteiger partial charge >= 0.3 is 0 Å². The van der Waals surface area contributed by atoms with E-state index in [2.05, 4.69) is 27.2 Å². The summed E-state index contributed by atoms with van der Waals surface area (Å²) in [7, 11) is 0. The second-order valence-corrected chi connectivity index (χ2v) is 5.78. The smallest absolute Gasteiger partial charge is 0.268 e. The summed E-state index contributed by atoms with van der Waals surface area (Å²) in [6.07, 6.45) is 3.96. The topological polar surface area (TPSA) is 71.5 Å². The van der Waals surface area contributed by atoms with Gasteiger partial charge in [0.05, 0.1) is 18.4 Å². The average molecular weight is 291 g/mol. The number of carbonyl (C=O) groups is 1. The first-order chi connectivity index (χ1) is 9.78. The summed E-state index contributed by atoms with van der Waals surface area (Å²) in [4.78, 5) is 14.0. The van der Waals surface area contributed by atoms with E-state index >= 15 is 0 Å². The summed E-state index contributed by atoms with van der Waals surface area (Å²) >= 11 is 1.70. The Bertz CT molecular complexity index is 575. The number of nitrogens with two attached hydrogens (primary N) is 1. The van der Waals surface area contributed by atoms with Crippen LogP contribution in [0.2, 0.25) is 0 Å². The molecule has 20 heavy (non-hydrogen) atoms. The molecule has 0 aliphatic heterocycles. The molecule has 1 aliphatic carbocycles. The standard InChI is InChI=1S/C14H17N3O2S/c15-16-14(18)12-3-5-19-13(12)8-17(11-1-2-11)7-10-4-6-20-9-10/h3-6,9,11H,1-2,7-8,15H2,(H,16,18). The summed E-state index contributed by atoms with van der Waals surface area (Å²) in [6.45, 7) is 1.52. The van der Waals surface area contributed by atoms with Gasteiger partial charge in [-0.15, -0.1) is 0 Å². The monoisotopic (exact) mass is 291 g/mol. The highest BCUT2D eigenvalue weighted by Crippen LogP contribution is 2.30. The first-order valence-electron chi connectivity index (χ1n) is 6.60. The van der Waals surface area contributed by atoms with E-state index in [0.717, 1.165) is 6.54 Å². The molecule has 106 valence electrons. The number of thiophene rings is 1. The molecular formula is C14H17N3O2S. The molecule has 3 N–H and O–H groups in total. The van der Waals surface area contributed by atoms with E-state index < -0.39 is 0 Å². The Morgan fingerprint density at radius 1 is 1.45 bits per heavy atom. The van der Waals surface area contributed by atoms with Crippen LogP contribution in [0.4, 0.5) is 0 Å². The molecule has 2 heterocycles. The largest absolute Gasteiger partial charge is 0.467 e. The maximum atomic E-state index is 11.7. The van der Waals surface area contributed by atoms with Crippen LogP contribution in [0.1, 0.15) is 34.5 Å². The summed E-state index contributed by atoms with van der Waals surface area (Å²) in [5.41, 5.74) is 3.98. The van der Waals surface area contributed by atoms with Crippen LogP contribution in [0.3, 0.4) is 0 Å². The molecule has 0 atom stereocenters. The number of hydrazine groups is 1. The number of carbonyl (C=O) groups excluding carboxylic acids is 1. The second kappa shape index (κ2) is 5.78. The zero-order valence-electron chi connectivity index (χ0n) is 11.0. The minimum absolute atomic E-state index is 0.306. The van der Waals surface area contributed by atoms with Gasteiger partial charge in [0, 0.05) is 12.6 Å². The number of rotatable bonds is 6. The Hall–Kier alpha value is -1.63. The molecule has 0 unspecified atom stereocenters. The Balaban J connectivity index is 1.73. The van der Waals surface area contributed by atoms with E-state index in [1.54, 1.807) is 17.4 Å². The Morgan fingerprint density at radius 3 is 2.95 bits per heavy atom. The van der Waals surface area contributed by atoms with Crippen molar-refractivity contribution in [2.24, 2.45) is 5.84 Å². The lowest BCUT2D eigenvalue weighted by Gasteiger charge is -2.20. The molecule has 0 spiro atoms. The normalized spacial score (nSPS) is 14.7. The first-order valence-corrected chi connectivity index (χ1v) is 7.54. The minimum atomic E-state index is -0.306. The third kappa shape index (κ3) is 2.92. The van der Waals surface area contributed by atoms with Crippen molar-refractivity contribution in [2.75, 3.05) is 0 Å². The maximum absolute atomic E-state index is 11.7. The highest BCUT2D eigenvalue weighted by Gasteiger charge is 2.30. The van der Waals surface area contributed by atoms with Crippen molar-refractivity contribution in [3.8, 4) is 0 Å². The van der Waals surface area contributed by atoms with Crippen molar-refractivity contribution in [2.45, 2.75) is 32.0 Å². The molecule has 0 bridgehead atoms. The van der Waals surface area contributed by atoms with Gasteiger partial charge in [-0.25, -0.2) is 5.84 Å². The highest BCUT2D eigenvalue weighted by molar-refractivity contribution is 7.07. The van der Waals surface area contributed by atoms with Gasteiger partial charge < -0.3 is 4.42 Å². The van der Waals surface area contributed by atoms with Crippen LogP contribution in [0.5, 0.6) is 0 Å². The molecule has 1 aliphatic rings. The van der Waals surface area contributed by atoms with Gasteiger partial charge in [-0.1, -0.05) is 0 Å². The molecule has 6 heteroatoms. The fourth-order valence-electron chi connectivity index (χ4n) is 2.30. The highest BCUT2D eigenvalue weighted by atomic mass is 32.1. The van der Waals surface area contributed by atoms with Crippen LogP contribution >= 0.6 is 11.3 Å². The molecule has 1 amide bonds. The lowest BCUT2D eigenvalue weighted by Crippen LogP contribution is -2.31. The molecule has 0 saturated heterocycles. The number of nitrogens with one attached hydrogen (secondary N) is 1. The summed E-state index contributed by atoms with van der Waals surface area (Å²) in [5, 5.41) is 4.24. The number of nitrogen functional groups attached to an aromatic ring is 1. The Labute approximate surface area is 121 Å². The van der Waals surface area contributed by atoms with Crippen molar-refractivity contribution < 1.29 is 9.21 Å². The lowest BCUT2D eigenvalue weighted by atomic mass is 10.2. The molecule has 3 rings (SSSR count). The Morgan fingerprint density at radius 2 is 2.30 bits per heavy atom. The van der Waals surface area contributed by atoms with Gasteiger partial charge in [0.1, 0.15) is 5.76 Å². The number of nitrogens with zero attached hydrogens (tertiary/aromatic N) is 1. The molecule has 1 saturated carbocycles. The van der Waals surface area contributed by atoms with Gasteiger partial charge in [0.15, 0.2) is 0 Å². The van der Waals surface area contributed by atoms with E-state index in [1.807, 2.05) is 0 Å². The SMILES string of the molecule is NNC(=O)c1ccoc1CN(Cc1ccsc1)C1CC1. The number of hydrogen-bond donors (Lipinski definition) is 2. The molecule has 2 aromatic rings. The number of hydrogen-bond acceptors (Lipinski definition) is 5. The maximum Gasteiger partial charge on any atom is 0.268 e. The molecule has 5 nitrogen and oxygen atoms in total. The second-order valence-electron chi connectivity index (χ2n) is 5.00. The van der Waals surface area contributed by atoms with Crippen molar-refractivity contribution >= 4 is 17.2 Å². The van der Waals surface area contributed by atoms with Gasteiger partial charge in [-0.2, -0.15) is 11.3 Å². The number of furan rings is 1. The molecule has 2 aromatic heterocycles. The number of amides is 1. The zero-order valence-corrected chi connectivity index (χ0v) is 11.9. The van der Waals surface area contributed by atoms with Gasteiger partial charge in [-0.05, 0) is 41.3 Å².